The van der Waals surface area contributed by atoms with Crippen LogP contribution in [0.2, 0.25) is 0 Å². The lowest BCUT2D eigenvalue weighted by molar-refractivity contribution is -0.121. The SMILES string of the molecule is CC(C)(C)NC(=O)CNC(=O)c1ccc(OCC2CCCO2)cc1. The molecule has 132 valence electrons. The Hall–Kier alpha value is -2.08. The first kappa shape index (κ1) is 18.3. The van der Waals surface area contributed by atoms with Crippen LogP contribution in [0.1, 0.15) is 44.0 Å². The summed E-state index contributed by atoms with van der Waals surface area (Å²) in [6.07, 6.45) is 2.27. The fourth-order valence-electron chi connectivity index (χ4n) is 2.39. The van der Waals surface area contributed by atoms with Crippen molar-refractivity contribution in [2.75, 3.05) is 19.8 Å². The van der Waals surface area contributed by atoms with Crippen LogP contribution in [0.15, 0.2) is 24.3 Å². The molecule has 6 nitrogen and oxygen atoms in total. The van der Waals surface area contributed by atoms with Crippen molar-refractivity contribution < 1.29 is 19.1 Å². The van der Waals surface area contributed by atoms with E-state index >= 15 is 0 Å². The second-order valence-corrected chi connectivity index (χ2v) is 6.95. The molecule has 0 radical (unpaired) electrons. The van der Waals surface area contributed by atoms with E-state index in [1.807, 2.05) is 20.8 Å². The molecule has 0 bridgehead atoms. The van der Waals surface area contributed by atoms with Crippen molar-refractivity contribution in [3.63, 3.8) is 0 Å². The van der Waals surface area contributed by atoms with Gasteiger partial charge in [-0.25, -0.2) is 0 Å². The van der Waals surface area contributed by atoms with Crippen LogP contribution in [-0.2, 0) is 9.53 Å². The quantitative estimate of drug-likeness (QED) is 0.833. The summed E-state index contributed by atoms with van der Waals surface area (Å²) in [6.45, 7) is 6.95. The molecule has 1 aliphatic rings. The van der Waals surface area contributed by atoms with Crippen LogP contribution in [-0.4, -0.2) is 43.2 Å². The first-order chi connectivity index (χ1) is 11.3. The Morgan fingerprint density at radius 2 is 1.96 bits per heavy atom. The Bertz CT molecular complexity index is 557. The van der Waals surface area contributed by atoms with Gasteiger partial charge in [0.15, 0.2) is 0 Å². The maximum Gasteiger partial charge on any atom is 0.251 e. The summed E-state index contributed by atoms with van der Waals surface area (Å²) < 4.78 is 11.2. The van der Waals surface area contributed by atoms with Gasteiger partial charge in [-0.2, -0.15) is 0 Å². The molecule has 0 aromatic heterocycles. The summed E-state index contributed by atoms with van der Waals surface area (Å²) in [5, 5.41) is 5.40. The zero-order valence-corrected chi connectivity index (χ0v) is 14.6. The third-order valence-corrected chi connectivity index (χ3v) is 3.50. The van der Waals surface area contributed by atoms with Gasteiger partial charge >= 0.3 is 0 Å². The first-order valence-corrected chi connectivity index (χ1v) is 8.27. The van der Waals surface area contributed by atoms with Crippen molar-refractivity contribution in [2.45, 2.75) is 45.3 Å². The third-order valence-electron chi connectivity index (χ3n) is 3.50. The Morgan fingerprint density at radius 3 is 2.54 bits per heavy atom. The lowest BCUT2D eigenvalue weighted by Crippen LogP contribution is -2.45. The van der Waals surface area contributed by atoms with E-state index in [0.717, 1.165) is 19.4 Å². The third kappa shape index (κ3) is 6.20. The van der Waals surface area contributed by atoms with Gasteiger partial charge in [0.25, 0.3) is 5.91 Å². The molecule has 1 aliphatic heterocycles. The fourth-order valence-corrected chi connectivity index (χ4v) is 2.39. The molecule has 2 rings (SSSR count). The van der Waals surface area contributed by atoms with Crippen LogP contribution in [0.3, 0.4) is 0 Å². The number of nitrogens with one attached hydrogen (secondary N) is 2. The van der Waals surface area contributed by atoms with Gasteiger partial charge in [-0.1, -0.05) is 0 Å². The van der Waals surface area contributed by atoms with Gasteiger partial charge in [0.2, 0.25) is 5.91 Å². The predicted octanol–water partition coefficient (Wildman–Crippen LogP) is 1.89. The smallest absolute Gasteiger partial charge is 0.251 e. The summed E-state index contributed by atoms with van der Waals surface area (Å²) in [6, 6.07) is 6.86. The Labute approximate surface area is 142 Å². The van der Waals surface area contributed by atoms with E-state index in [9.17, 15) is 9.59 Å². The van der Waals surface area contributed by atoms with Crippen molar-refractivity contribution in [3.05, 3.63) is 29.8 Å². The molecule has 2 amide bonds. The summed E-state index contributed by atoms with van der Waals surface area (Å²) in [5.41, 5.74) is 0.173. The fraction of sp³-hybridized carbons (Fsp3) is 0.556. The van der Waals surface area contributed by atoms with Gasteiger partial charge in [-0.05, 0) is 57.9 Å². The Morgan fingerprint density at radius 1 is 1.25 bits per heavy atom. The number of carbonyl (C=O) groups is 2. The number of hydrogen-bond acceptors (Lipinski definition) is 4. The normalized spacial score (nSPS) is 17.4. The highest BCUT2D eigenvalue weighted by molar-refractivity contribution is 5.96. The van der Waals surface area contributed by atoms with Crippen molar-refractivity contribution in [1.82, 2.24) is 10.6 Å². The molecule has 0 aliphatic carbocycles. The topological polar surface area (TPSA) is 76.7 Å². The Balaban J connectivity index is 1.77. The highest BCUT2D eigenvalue weighted by Crippen LogP contribution is 2.16. The molecule has 1 unspecified atom stereocenters. The van der Waals surface area contributed by atoms with E-state index < -0.39 is 0 Å². The van der Waals surface area contributed by atoms with Crippen LogP contribution in [0.4, 0.5) is 0 Å². The molecule has 1 aromatic rings. The summed E-state index contributed by atoms with van der Waals surface area (Å²) >= 11 is 0. The number of ether oxygens (including phenoxy) is 2. The lowest BCUT2D eigenvalue weighted by Gasteiger charge is -2.20. The van der Waals surface area contributed by atoms with E-state index in [1.165, 1.54) is 0 Å². The van der Waals surface area contributed by atoms with E-state index in [2.05, 4.69) is 10.6 Å². The zero-order chi connectivity index (χ0) is 17.6. The Kier molecular flexibility index (Phi) is 6.20. The molecule has 1 heterocycles. The van der Waals surface area contributed by atoms with E-state index in [4.69, 9.17) is 9.47 Å². The zero-order valence-electron chi connectivity index (χ0n) is 14.6. The molecule has 1 atom stereocenters. The maximum absolute atomic E-state index is 12.0. The number of carbonyl (C=O) groups excluding carboxylic acids is 2. The molecular formula is C18H26N2O4. The summed E-state index contributed by atoms with van der Waals surface area (Å²) in [4.78, 5) is 23.7. The molecular weight excluding hydrogens is 308 g/mol. The molecule has 6 heteroatoms. The van der Waals surface area contributed by atoms with Crippen LogP contribution in [0.5, 0.6) is 5.75 Å². The van der Waals surface area contributed by atoms with Crippen molar-refractivity contribution in [2.24, 2.45) is 0 Å². The summed E-state index contributed by atoms with van der Waals surface area (Å²) in [7, 11) is 0. The minimum atomic E-state index is -0.316. The standard InChI is InChI=1S/C18H26N2O4/c1-18(2,3)20-16(21)11-19-17(22)13-6-8-14(9-7-13)24-12-15-5-4-10-23-15/h6-9,15H,4-5,10-12H2,1-3H3,(H,19,22)(H,20,21). The van der Waals surface area contributed by atoms with Gasteiger partial charge < -0.3 is 20.1 Å². The highest BCUT2D eigenvalue weighted by Gasteiger charge is 2.16. The highest BCUT2D eigenvalue weighted by atomic mass is 16.5. The molecule has 1 saturated heterocycles. The molecule has 2 N–H and O–H groups in total. The first-order valence-electron chi connectivity index (χ1n) is 8.27. The van der Waals surface area contributed by atoms with Crippen molar-refractivity contribution in [3.8, 4) is 5.75 Å². The average Bonchev–Trinajstić information content (AvgIpc) is 3.03. The molecule has 0 saturated carbocycles. The van der Waals surface area contributed by atoms with Crippen LogP contribution in [0, 0.1) is 0 Å². The van der Waals surface area contributed by atoms with Crippen LogP contribution in [0.25, 0.3) is 0 Å². The second kappa shape index (κ2) is 8.15. The number of benzene rings is 1. The van der Waals surface area contributed by atoms with Crippen molar-refractivity contribution >= 4 is 11.8 Å². The van der Waals surface area contributed by atoms with E-state index in [-0.39, 0.29) is 30.0 Å². The van der Waals surface area contributed by atoms with Gasteiger partial charge in [0.1, 0.15) is 12.4 Å². The van der Waals surface area contributed by atoms with Crippen LogP contribution < -0.4 is 15.4 Å². The molecule has 24 heavy (non-hydrogen) atoms. The largest absolute Gasteiger partial charge is 0.491 e. The van der Waals surface area contributed by atoms with Gasteiger partial charge in [0, 0.05) is 17.7 Å². The van der Waals surface area contributed by atoms with E-state index in [0.29, 0.717) is 17.9 Å². The molecule has 1 aromatic carbocycles. The van der Waals surface area contributed by atoms with Crippen LogP contribution >= 0.6 is 0 Å². The number of hydrogen-bond donors (Lipinski definition) is 2. The van der Waals surface area contributed by atoms with Gasteiger partial charge in [0.05, 0.1) is 12.6 Å². The van der Waals surface area contributed by atoms with Gasteiger partial charge in [-0.3, -0.25) is 9.59 Å². The minimum Gasteiger partial charge on any atom is -0.491 e. The number of amides is 2. The number of rotatable bonds is 6. The van der Waals surface area contributed by atoms with Gasteiger partial charge in [-0.15, -0.1) is 0 Å². The average molecular weight is 334 g/mol. The monoisotopic (exact) mass is 334 g/mol. The maximum atomic E-state index is 12.0. The lowest BCUT2D eigenvalue weighted by atomic mass is 10.1. The second-order valence-electron chi connectivity index (χ2n) is 6.95. The molecule has 0 spiro atoms. The summed E-state index contributed by atoms with van der Waals surface area (Å²) in [5.74, 6) is 0.199. The predicted molar refractivity (Wildman–Crippen MR) is 91.1 cm³/mol. The van der Waals surface area contributed by atoms with Crippen molar-refractivity contribution in [1.29, 1.82) is 0 Å². The minimum absolute atomic E-state index is 0.0482. The molecule has 1 fully saturated rings. The van der Waals surface area contributed by atoms with E-state index in [1.54, 1.807) is 24.3 Å².